The van der Waals surface area contributed by atoms with Gasteiger partial charge in [-0.05, 0) is 25.7 Å². The molecule has 1 aliphatic rings. The zero-order chi connectivity index (χ0) is 14.7. The molecule has 0 saturated carbocycles. The molecule has 0 radical (unpaired) electrons. The van der Waals surface area contributed by atoms with E-state index >= 15 is 0 Å². The van der Waals surface area contributed by atoms with Crippen molar-refractivity contribution >= 4 is 11.5 Å². The summed E-state index contributed by atoms with van der Waals surface area (Å²) >= 11 is 0. The Balaban J connectivity index is 1.84. The van der Waals surface area contributed by atoms with E-state index in [0.717, 1.165) is 49.6 Å². The molecule has 1 saturated heterocycles. The van der Waals surface area contributed by atoms with Crippen LogP contribution in [-0.2, 0) is 11.2 Å². The van der Waals surface area contributed by atoms with Crippen LogP contribution in [0.15, 0.2) is 18.3 Å². The summed E-state index contributed by atoms with van der Waals surface area (Å²) in [5.74, 6) is 1.10. The molecule has 5 nitrogen and oxygen atoms in total. The van der Waals surface area contributed by atoms with E-state index in [9.17, 15) is 0 Å². The highest BCUT2D eigenvalue weighted by Gasteiger charge is 2.18. The molecule has 0 amide bonds. The molecule has 2 aromatic heterocycles. The van der Waals surface area contributed by atoms with Gasteiger partial charge in [-0.15, -0.1) is 0 Å². The number of anilines is 1. The third-order valence-corrected chi connectivity index (χ3v) is 4.04. The van der Waals surface area contributed by atoms with E-state index in [0.29, 0.717) is 6.10 Å². The standard InChI is InChI=1S/C16H24N4O/c1-3-6-13-11-16(20-15(18-13)8-9-17-20)19(2)12-14-7-4-5-10-21-14/h8-9,11,14H,3-7,10,12H2,1-2H3. The SMILES string of the molecule is CCCc1cc(N(C)CC2CCCCO2)n2nccc2n1. The van der Waals surface area contributed by atoms with Crippen molar-refractivity contribution in [3.63, 3.8) is 0 Å². The van der Waals surface area contributed by atoms with Crippen molar-refractivity contribution in [3.05, 3.63) is 24.0 Å². The van der Waals surface area contributed by atoms with Crippen LogP contribution in [0.5, 0.6) is 0 Å². The van der Waals surface area contributed by atoms with Crippen molar-refractivity contribution < 1.29 is 4.74 Å². The number of ether oxygens (including phenoxy) is 1. The lowest BCUT2D eigenvalue weighted by atomic mass is 10.1. The number of hydrogen-bond donors (Lipinski definition) is 0. The summed E-state index contributed by atoms with van der Waals surface area (Å²) in [6, 6.07) is 4.12. The summed E-state index contributed by atoms with van der Waals surface area (Å²) in [6.45, 7) is 3.99. The third-order valence-electron chi connectivity index (χ3n) is 4.04. The summed E-state index contributed by atoms with van der Waals surface area (Å²) in [4.78, 5) is 6.90. The largest absolute Gasteiger partial charge is 0.376 e. The molecule has 0 spiro atoms. The first kappa shape index (κ1) is 14.3. The number of aromatic nitrogens is 3. The van der Waals surface area contributed by atoms with Crippen LogP contribution in [0.3, 0.4) is 0 Å². The fourth-order valence-electron chi connectivity index (χ4n) is 2.95. The van der Waals surface area contributed by atoms with Crippen molar-refractivity contribution in [2.24, 2.45) is 0 Å². The molecule has 5 heteroatoms. The molecular weight excluding hydrogens is 264 g/mol. The summed E-state index contributed by atoms with van der Waals surface area (Å²) < 4.78 is 7.77. The van der Waals surface area contributed by atoms with Gasteiger partial charge in [-0.2, -0.15) is 9.61 Å². The fraction of sp³-hybridized carbons (Fsp3) is 0.625. The average molecular weight is 288 g/mol. The van der Waals surface area contributed by atoms with Gasteiger partial charge in [-0.3, -0.25) is 0 Å². The van der Waals surface area contributed by atoms with E-state index in [1.807, 2.05) is 16.8 Å². The zero-order valence-corrected chi connectivity index (χ0v) is 13.0. The van der Waals surface area contributed by atoms with Gasteiger partial charge < -0.3 is 9.64 Å². The van der Waals surface area contributed by atoms with Crippen LogP contribution in [-0.4, -0.2) is 40.9 Å². The van der Waals surface area contributed by atoms with Crippen molar-refractivity contribution in [1.82, 2.24) is 14.6 Å². The maximum absolute atomic E-state index is 5.85. The summed E-state index contributed by atoms with van der Waals surface area (Å²) in [5, 5.41) is 4.41. The molecule has 1 aliphatic heterocycles. The Morgan fingerprint density at radius 3 is 3.10 bits per heavy atom. The Morgan fingerprint density at radius 2 is 2.33 bits per heavy atom. The molecule has 1 unspecified atom stereocenters. The van der Waals surface area contributed by atoms with Crippen LogP contribution in [0.25, 0.3) is 5.65 Å². The first-order chi connectivity index (χ1) is 10.3. The minimum Gasteiger partial charge on any atom is -0.376 e. The summed E-state index contributed by atoms with van der Waals surface area (Å²) in [6.07, 6.45) is 7.87. The van der Waals surface area contributed by atoms with Gasteiger partial charge in [-0.25, -0.2) is 4.98 Å². The van der Waals surface area contributed by atoms with Gasteiger partial charge in [0, 0.05) is 38.0 Å². The Kier molecular flexibility index (Phi) is 4.39. The quantitative estimate of drug-likeness (QED) is 0.848. The number of hydrogen-bond acceptors (Lipinski definition) is 4. The van der Waals surface area contributed by atoms with Crippen molar-refractivity contribution in [1.29, 1.82) is 0 Å². The topological polar surface area (TPSA) is 42.7 Å². The Hall–Kier alpha value is -1.62. The lowest BCUT2D eigenvalue weighted by Crippen LogP contribution is -2.34. The normalized spacial score (nSPS) is 19.0. The number of nitrogens with zero attached hydrogens (tertiary/aromatic N) is 4. The number of aryl methyl sites for hydroxylation is 1. The zero-order valence-electron chi connectivity index (χ0n) is 13.0. The minimum absolute atomic E-state index is 0.331. The van der Waals surface area contributed by atoms with Gasteiger partial charge in [0.1, 0.15) is 5.82 Å². The molecule has 0 N–H and O–H groups in total. The molecular formula is C16H24N4O. The monoisotopic (exact) mass is 288 g/mol. The molecule has 3 rings (SSSR count). The second kappa shape index (κ2) is 6.43. The summed E-state index contributed by atoms with van der Waals surface area (Å²) in [7, 11) is 2.12. The molecule has 2 aromatic rings. The molecule has 3 heterocycles. The lowest BCUT2D eigenvalue weighted by molar-refractivity contribution is 0.0215. The summed E-state index contributed by atoms with van der Waals surface area (Å²) in [5.41, 5.74) is 2.06. The third kappa shape index (κ3) is 3.18. The fourth-order valence-corrected chi connectivity index (χ4v) is 2.95. The predicted molar refractivity (Wildman–Crippen MR) is 83.8 cm³/mol. The Morgan fingerprint density at radius 1 is 1.43 bits per heavy atom. The van der Waals surface area contributed by atoms with Crippen LogP contribution < -0.4 is 4.90 Å². The van der Waals surface area contributed by atoms with Gasteiger partial charge in [-0.1, -0.05) is 13.3 Å². The molecule has 1 fully saturated rings. The van der Waals surface area contributed by atoms with E-state index in [1.165, 1.54) is 12.8 Å². The van der Waals surface area contributed by atoms with E-state index in [-0.39, 0.29) is 0 Å². The first-order valence-electron chi connectivity index (χ1n) is 7.94. The first-order valence-corrected chi connectivity index (χ1v) is 7.94. The smallest absolute Gasteiger partial charge is 0.157 e. The van der Waals surface area contributed by atoms with Crippen LogP contribution in [0.4, 0.5) is 5.82 Å². The second-order valence-corrected chi connectivity index (χ2v) is 5.83. The molecule has 0 bridgehead atoms. The maximum Gasteiger partial charge on any atom is 0.157 e. The van der Waals surface area contributed by atoms with Crippen molar-refractivity contribution in [2.45, 2.75) is 45.1 Å². The van der Waals surface area contributed by atoms with Crippen molar-refractivity contribution in [3.8, 4) is 0 Å². The Bertz CT molecular complexity index is 589. The predicted octanol–water partition coefficient (Wildman–Crippen LogP) is 2.69. The van der Waals surface area contributed by atoms with E-state index in [1.54, 1.807) is 0 Å². The number of likely N-dealkylation sites (N-methyl/N-ethyl adjacent to an activating group) is 1. The van der Waals surface area contributed by atoms with Crippen LogP contribution in [0.1, 0.15) is 38.3 Å². The van der Waals surface area contributed by atoms with E-state index in [2.05, 4.69) is 35.0 Å². The highest BCUT2D eigenvalue weighted by molar-refractivity contribution is 5.50. The Labute approximate surface area is 125 Å². The van der Waals surface area contributed by atoms with Crippen LogP contribution >= 0.6 is 0 Å². The molecule has 0 aromatic carbocycles. The van der Waals surface area contributed by atoms with E-state index < -0.39 is 0 Å². The highest BCUT2D eigenvalue weighted by Crippen LogP contribution is 2.20. The molecule has 1 atom stereocenters. The lowest BCUT2D eigenvalue weighted by Gasteiger charge is -2.28. The van der Waals surface area contributed by atoms with Gasteiger partial charge in [0.05, 0.1) is 12.3 Å². The van der Waals surface area contributed by atoms with Crippen LogP contribution in [0, 0.1) is 0 Å². The molecule has 114 valence electrons. The van der Waals surface area contributed by atoms with Gasteiger partial charge >= 0.3 is 0 Å². The molecule has 21 heavy (non-hydrogen) atoms. The van der Waals surface area contributed by atoms with Gasteiger partial charge in [0.15, 0.2) is 5.65 Å². The maximum atomic E-state index is 5.85. The second-order valence-electron chi connectivity index (χ2n) is 5.83. The van der Waals surface area contributed by atoms with Crippen molar-refractivity contribution in [2.75, 3.05) is 25.1 Å². The van der Waals surface area contributed by atoms with Crippen LogP contribution in [0.2, 0.25) is 0 Å². The number of rotatable bonds is 5. The van der Waals surface area contributed by atoms with Gasteiger partial charge in [0.25, 0.3) is 0 Å². The highest BCUT2D eigenvalue weighted by atomic mass is 16.5. The van der Waals surface area contributed by atoms with E-state index in [4.69, 9.17) is 4.74 Å². The minimum atomic E-state index is 0.331. The van der Waals surface area contributed by atoms with Gasteiger partial charge in [0.2, 0.25) is 0 Å². The molecule has 0 aliphatic carbocycles. The number of fused-ring (bicyclic) bond motifs is 1. The average Bonchev–Trinajstić information content (AvgIpc) is 2.96.